The topological polar surface area (TPSA) is 114 Å². The van der Waals surface area contributed by atoms with Crippen molar-refractivity contribution < 1.29 is 10.2 Å². The second kappa shape index (κ2) is 10.4. The maximum Gasteiger partial charge on any atom is 0.408 e. The SMILES string of the molecule is Cc1nc(NCC[C@@H](C)C2CCN(C(=O)NC(=[NH2+])C(C)C)CC2)ccc1-n1cncn1. The summed E-state index contributed by atoms with van der Waals surface area (Å²) in [6, 6.07) is 3.91. The van der Waals surface area contributed by atoms with Crippen LogP contribution in [0.2, 0.25) is 0 Å². The van der Waals surface area contributed by atoms with E-state index in [1.54, 1.807) is 11.0 Å². The Hall–Kier alpha value is -2.97. The van der Waals surface area contributed by atoms with E-state index in [9.17, 15) is 4.79 Å². The molecule has 1 atom stereocenters. The average molecular weight is 428 g/mol. The Morgan fingerprint density at radius 1 is 1.26 bits per heavy atom. The van der Waals surface area contributed by atoms with Gasteiger partial charge in [0.25, 0.3) is 5.84 Å². The van der Waals surface area contributed by atoms with Crippen molar-refractivity contribution in [2.45, 2.75) is 47.0 Å². The number of piperidine rings is 1. The normalized spacial score (nSPS) is 15.7. The minimum Gasteiger partial charge on any atom is -0.370 e. The molecular formula is C22H35N8O+. The number of amidine groups is 1. The van der Waals surface area contributed by atoms with Crippen LogP contribution in [0.4, 0.5) is 10.6 Å². The van der Waals surface area contributed by atoms with Gasteiger partial charge in [-0.2, -0.15) is 10.4 Å². The average Bonchev–Trinajstić information content (AvgIpc) is 3.28. The lowest BCUT2D eigenvalue weighted by atomic mass is 9.83. The first kappa shape index (κ1) is 22.7. The molecule has 4 N–H and O–H groups in total. The summed E-state index contributed by atoms with van der Waals surface area (Å²) in [5.74, 6) is 2.76. The Bertz CT molecular complexity index is 872. The molecule has 3 rings (SSSR count). The van der Waals surface area contributed by atoms with Gasteiger partial charge in [-0.3, -0.25) is 5.41 Å². The van der Waals surface area contributed by atoms with Gasteiger partial charge in [-0.1, -0.05) is 20.8 Å². The molecule has 2 aromatic heterocycles. The zero-order valence-corrected chi connectivity index (χ0v) is 19.0. The van der Waals surface area contributed by atoms with Crippen LogP contribution in [0.5, 0.6) is 0 Å². The number of nitrogens with zero attached hydrogens (tertiary/aromatic N) is 5. The number of hydrogen-bond donors (Lipinski definition) is 3. The van der Waals surface area contributed by atoms with E-state index in [1.165, 1.54) is 6.33 Å². The molecule has 0 radical (unpaired) electrons. The van der Waals surface area contributed by atoms with Crippen molar-refractivity contribution in [2.24, 2.45) is 17.8 Å². The standard InChI is InChI=1S/C22H34N8O/c1-15(2)21(23)28-22(31)29-11-8-18(9-12-29)16(3)7-10-25-20-6-5-19(17(4)27-20)30-14-24-13-26-30/h5-6,13-16,18H,7-12H2,1-4H3,(H,25,27)(H2,23,28,31)/p+1/t16-/m1/s1. The van der Waals surface area contributed by atoms with E-state index in [-0.39, 0.29) is 11.9 Å². The highest BCUT2D eigenvalue weighted by molar-refractivity contribution is 5.95. The zero-order valence-electron chi connectivity index (χ0n) is 19.0. The third kappa shape index (κ3) is 6.02. The van der Waals surface area contributed by atoms with E-state index in [2.05, 4.69) is 32.6 Å². The van der Waals surface area contributed by atoms with Crippen LogP contribution < -0.4 is 16.0 Å². The second-order valence-corrected chi connectivity index (χ2v) is 8.70. The van der Waals surface area contributed by atoms with Crippen molar-refractivity contribution in [3.05, 3.63) is 30.5 Å². The second-order valence-electron chi connectivity index (χ2n) is 8.70. The third-order valence-corrected chi connectivity index (χ3v) is 6.13. The number of pyridine rings is 1. The Labute approximate surface area is 184 Å². The molecule has 0 aromatic carbocycles. The number of anilines is 1. The molecule has 1 fully saturated rings. The minimum atomic E-state index is -0.0743. The maximum atomic E-state index is 12.3. The van der Waals surface area contributed by atoms with Crippen LogP contribution in [0.3, 0.4) is 0 Å². The molecule has 9 heteroatoms. The minimum absolute atomic E-state index is 0.0743. The molecule has 1 aliphatic rings. The number of aryl methyl sites for hydroxylation is 1. The molecule has 31 heavy (non-hydrogen) atoms. The van der Waals surface area contributed by atoms with E-state index >= 15 is 0 Å². The zero-order chi connectivity index (χ0) is 22.4. The highest BCUT2D eigenvalue weighted by Crippen LogP contribution is 2.27. The number of carbonyl (C=O) groups excluding carboxylic acids is 1. The van der Waals surface area contributed by atoms with Crippen molar-refractivity contribution in [2.75, 3.05) is 25.0 Å². The highest BCUT2D eigenvalue weighted by atomic mass is 16.2. The first-order valence-corrected chi connectivity index (χ1v) is 11.1. The van der Waals surface area contributed by atoms with Gasteiger partial charge in [-0.25, -0.2) is 19.4 Å². The molecule has 0 aliphatic carbocycles. The number of likely N-dealkylation sites (tertiary alicyclic amines) is 1. The van der Waals surface area contributed by atoms with Crippen LogP contribution >= 0.6 is 0 Å². The van der Waals surface area contributed by atoms with E-state index in [0.29, 0.717) is 17.7 Å². The molecule has 9 nitrogen and oxygen atoms in total. The smallest absolute Gasteiger partial charge is 0.370 e. The van der Waals surface area contributed by atoms with Gasteiger partial charge in [0.15, 0.2) is 0 Å². The number of amides is 2. The maximum absolute atomic E-state index is 12.3. The van der Waals surface area contributed by atoms with Gasteiger partial charge in [-0.05, 0) is 50.2 Å². The third-order valence-electron chi connectivity index (χ3n) is 6.13. The molecule has 168 valence electrons. The van der Waals surface area contributed by atoms with E-state index < -0.39 is 0 Å². The number of carbonyl (C=O) groups is 1. The Morgan fingerprint density at radius 2 is 2.00 bits per heavy atom. The number of urea groups is 1. The summed E-state index contributed by atoms with van der Waals surface area (Å²) in [6.07, 6.45) is 6.31. The molecule has 0 saturated carbocycles. The lowest BCUT2D eigenvalue weighted by Gasteiger charge is -2.33. The fraction of sp³-hybridized carbons (Fsp3) is 0.591. The van der Waals surface area contributed by atoms with Gasteiger partial charge in [0.05, 0.1) is 17.3 Å². The van der Waals surface area contributed by atoms with Crippen molar-refractivity contribution in [3.63, 3.8) is 0 Å². The number of rotatable bonds is 7. The van der Waals surface area contributed by atoms with E-state index in [4.69, 9.17) is 5.41 Å². The van der Waals surface area contributed by atoms with Crippen LogP contribution in [-0.2, 0) is 0 Å². The van der Waals surface area contributed by atoms with E-state index in [1.807, 2.05) is 37.8 Å². The Balaban J connectivity index is 1.41. The van der Waals surface area contributed by atoms with Crippen LogP contribution in [0.1, 0.15) is 45.7 Å². The molecule has 1 saturated heterocycles. The predicted molar refractivity (Wildman–Crippen MR) is 121 cm³/mol. The van der Waals surface area contributed by atoms with Crippen molar-refractivity contribution >= 4 is 17.7 Å². The summed E-state index contributed by atoms with van der Waals surface area (Å²) in [5, 5.41) is 16.3. The van der Waals surface area contributed by atoms with Crippen LogP contribution in [0.15, 0.2) is 24.8 Å². The van der Waals surface area contributed by atoms with Crippen molar-refractivity contribution in [1.82, 2.24) is 30.0 Å². The van der Waals surface area contributed by atoms with Gasteiger partial charge >= 0.3 is 6.03 Å². The molecule has 0 spiro atoms. The van der Waals surface area contributed by atoms with Gasteiger partial charge < -0.3 is 10.2 Å². The van der Waals surface area contributed by atoms with Crippen LogP contribution in [0.25, 0.3) is 5.69 Å². The van der Waals surface area contributed by atoms with Crippen molar-refractivity contribution in [3.8, 4) is 5.69 Å². The lowest BCUT2D eigenvalue weighted by Crippen LogP contribution is -2.57. The fourth-order valence-electron chi connectivity index (χ4n) is 3.91. The summed E-state index contributed by atoms with van der Waals surface area (Å²) >= 11 is 0. The molecular weight excluding hydrogens is 392 g/mol. The quantitative estimate of drug-likeness (QED) is 0.459. The number of nitrogens with two attached hydrogens (primary N) is 1. The van der Waals surface area contributed by atoms with Crippen molar-refractivity contribution in [1.29, 1.82) is 0 Å². The molecule has 2 amide bonds. The fourth-order valence-corrected chi connectivity index (χ4v) is 3.91. The van der Waals surface area contributed by atoms with E-state index in [0.717, 1.165) is 56.1 Å². The Kier molecular flexibility index (Phi) is 7.59. The predicted octanol–water partition coefficient (Wildman–Crippen LogP) is 1.64. The van der Waals surface area contributed by atoms with Gasteiger partial charge in [0, 0.05) is 19.6 Å². The first-order valence-electron chi connectivity index (χ1n) is 11.1. The summed E-state index contributed by atoms with van der Waals surface area (Å²) in [5.41, 5.74) is 1.84. The highest BCUT2D eigenvalue weighted by Gasteiger charge is 2.29. The number of nitrogens with one attached hydrogen (secondary N) is 2. The summed E-state index contributed by atoms with van der Waals surface area (Å²) in [4.78, 5) is 22.8. The molecule has 0 bridgehead atoms. The van der Waals surface area contributed by atoms with Gasteiger partial charge in [-0.15, -0.1) is 0 Å². The molecule has 3 heterocycles. The first-order chi connectivity index (χ1) is 14.8. The van der Waals surface area contributed by atoms with Crippen LogP contribution in [0, 0.1) is 24.7 Å². The number of aromatic nitrogens is 4. The van der Waals surface area contributed by atoms with Gasteiger partial charge in [0.2, 0.25) is 0 Å². The molecule has 0 unspecified atom stereocenters. The molecule has 2 aromatic rings. The largest absolute Gasteiger partial charge is 0.408 e. The van der Waals surface area contributed by atoms with Crippen LogP contribution in [-0.4, -0.2) is 56.1 Å². The van der Waals surface area contributed by atoms with Gasteiger partial charge in [0.1, 0.15) is 18.5 Å². The number of hydrogen-bond acceptors (Lipinski definition) is 5. The Morgan fingerprint density at radius 3 is 2.61 bits per heavy atom. The summed E-state index contributed by atoms with van der Waals surface area (Å²) < 4.78 is 1.72. The summed E-state index contributed by atoms with van der Waals surface area (Å²) in [7, 11) is 0. The summed E-state index contributed by atoms with van der Waals surface area (Å²) in [6.45, 7) is 10.7. The monoisotopic (exact) mass is 427 g/mol. The molecule has 1 aliphatic heterocycles. The lowest BCUT2D eigenvalue weighted by molar-refractivity contribution is -0.123.